The number of fused-ring (bicyclic) bond motifs is 5. The van der Waals surface area contributed by atoms with Gasteiger partial charge in [0.15, 0.2) is 5.78 Å². The van der Waals surface area contributed by atoms with Gasteiger partial charge in [-0.3, -0.25) is 14.5 Å². The average Bonchev–Trinajstić information content (AvgIpc) is 3.00. The maximum Gasteiger partial charge on any atom is 0.302 e. The van der Waals surface area contributed by atoms with Crippen molar-refractivity contribution in [2.24, 2.45) is 34.5 Å². The minimum Gasteiger partial charge on any atom is -0.463 e. The highest BCUT2D eigenvalue weighted by molar-refractivity contribution is 5.92. The first kappa shape index (κ1) is 21.0. The summed E-state index contributed by atoms with van der Waals surface area (Å²) in [4.78, 5) is 27.7. The molecule has 4 saturated carbocycles. The maximum absolute atomic E-state index is 13.7. The lowest BCUT2D eigenvalue weighted by molar-refractivity contribution is -0.160. The van der Waals surface area contributed by atoms with E-state index < -0.39 is 0 Å². The minimum atomic E-state index is -0.126. The van der Waals surface area contributed by atoms with Gasteiger partial charge < -0.3 is 4.74 Å². The number of likely N-dealkylation sites (tertiary alicyclic amines) is 1. The Balaban J connectivity index is 1.35. The molecule has 0 bridgehead atoms. The SMILES string of the molecule is CC(=O)O[C@@H]1CC[C@@]2(C)[C@@H](CC[C@@H]3[C@@H]2CC[C@]2(C)C(=O)[C@H](N4CCCCC4)C[C@@H]32)C1. The molecule has 5 rings (SSSR count). The summed E-state index contributed by atoms with van der Waals surface area (Å²) < 4.78 is 5.61. The van der Waals surface area contributed by atoms with Crippen molar-refractivity contribution >= 4 is 11.8 Å². The molecular weight excluding hydrogens is 374 g/mol. The molecule has 0 amide bonds. The van der Waals surface area contributed by atoms with Gasteiger partial charge in [0.05, 0.1) is 6.04 Å². The number of esters is 1. The van der Waals surface area contributed by atoms with E-state index in [-0.39, 0.29) is 23.5 Å². The van der Waals surface area contributed by atoms with Crippen LogP contribution >= 0.6 is 0 Å². The van der Waals surface area contributed by atoms with Crippen LogP contribution < -0.4 is 0 Å². The first-order chi connectivity index (χ1) is 14.3. The van der Waals surface area contributed by atoms with Crippen LogP contribution in [0.15, 0.2) is 0 Å². The predicted octanol–water partition coefficient (Wildman–Crippen LogP) is 4.99. The Morgan fingerprint density at radius 3 is 2.47 bits per heavy atom. The van der Waals surface area contributed by atoms with Crippen molar-refractivity contribution < 1.29 is 14.3 Å². The lowest BCUT2D eigenvalue weighted by Gasteiger charge is -2.60. The van der Waals surface area contributed by atoms with Gasteiger partial charge in [0, 0.05) is 12.3 Å². The molecule has 0 unspecified atom stereocenters. The molecule has 0 spiro atoms. The second kappa shape index (κ2) is 7.60. The Bertz CT molecular complexity index is 700. The predicted molar refractivity (Wildman–Crippen MR) is 117 cm³/mol. The Morgan fingerprint density at radius 1 is 0.967 bits per heavy atom. The molecule has 4 nitrogen and oxygen atoms in total. The largest absolute Gasteiger partial charge is 0.463 e. The molecule has 4 aliphatic carbocycles. The first-order valence-electron chi connectivity index (χ1n) is 12.8. The summed E-state index contributed by atoms with van der Waals surface area (Å²) in [5, 5.41) is 0. The van der Waals surface area contributed by atoms with E-state index >= 15 is 0 Å². The number of carbonyl (C=O) groups is 2. The van der Waals surface area contributed by atoms with Crippen LogP contribution in [0.25, 0.3) is 0 Å². The number of nitrogens with zero attached hydrogens (tertiary/aromatic N) is 1. The highest BCUT2D eigenvalue weighted by Crippen LogP contribution is 2.65. The van der Waals surface area contributed by atoms with Gasteiger partial charge in [0.25, 0.3) is 0 Å². The highest BCUT2D eigenvalue weighted by atomic mass is 16.5. The lowest BCUT2D eigenvalue weighted by Crippen LogP contribution is -2.54. The van der Waals surface area contributed by atoms with E-state index in [2.05, 4.69) is 18.7 Å². The second-order valence-corrected chi connectivity index (χ2v) is 11.8. The van der Waals surface area contributed by atoms with E-state index in [1.165, 1.54) is 44.9 Å². The summed E-state index contributed by atoms with van der Waals surface area (Å²) in [7, 11) is 0. The molecule has 1 aliphatic heterocycles. The highest BCUT2D eigenvalue weighted by Gasteiger charge is 2.63. The first-order valence-corrected chi connectivity index (χ1v) is 12.8. The standard InChI is InChI=1S/C26H41NO3/c1-17(28)30-19-9-11-25(2)18(15-19)7-8-20-21(25)10-12-26(3)22(20)16-23(24(26)29)27-13-5-4-6-14-27/h18-23H,4-16H2,1-3H3/t18-,19+,20+,21-,22-,23+,25-,26-/m0/s1. The number of piperidine rings is 1. The number of ketones is 1. The normalized spacial score (nSPS) is 49.1. The van der Waals surface area contributed by atoms with E-state index in [0.717, 1.165) is 44.7 Å². The van der Waals surface area contributed by atoms with Crippen molar-refractivity contribution in [3.8, 4) is 0 Å². The van der Waals surface area contributed by atoms with Gasteiger partial charge in [-0.1, -0.05) is 20.3 Å². The molecule has 0 aromatic carbocycles. The summed E-state index contributed by atoms with van der Waals surface area (Å²) in [6.07, 6.45) is 13.2. The Labute approximate surface area is 182 Å². The Kier molecular flexibility index (Phi) is 5.31. The van der Waals surface area contributed by atoms with Crippen LogP contribution in [0, 0.1) is 34.5 Å². The lowest BCUT2D eigenvalue weighted by atomic mass is 9.45. The molecule has 0 aromatic heterocycles. The van der Waals surface area contributed by atoms with Gasteiger partial charge in [-0.2, -0.15) is 0 Å². The second-order valence-electron chi connectivity index (χ2n) is 11.8. The Morgan fingerprint density at radius 2 is 1.73 bits per heavy atom. The van der Waals surface area contributed by atoms with Crippen molar-refractivity contribution in [2.45, 2.75) is 104 Å². The molecule has 0 radical (unpaired) electrons. The van der Waals surface area contributed by atoms with E-state index in [1.54, 1.807) is 6.92 Å². The molecule has 8 atom stereocenters. The summed E-state index contributed by atoms with van der Waals surface area (Å²) in [5.74, 6) is 3.18. The quantitative estimate of drug-likeness (QED) is 0.596. The molecule has 1 saturated heterocycles. The molecule has 0 aromatic rings. The van der Waals surface area contributed by atoms with Crippen molar-refractivity contribution in [3.63, 3.8) is 0 Å². The van der Waals surface area contributed by atoms with E-state index in [4.69, 9.17) is 4.74 Å². The fraction of sp³-hybridized carbons (Fsp3) is 0.923. The van der Waals surface area contributed by atoms with E-state index in [1.807, 2.05) is 0 Å². The zero-order chi connectivity index (χ0) is 21.1. The van der Waals surface area contributed by atoms with Crippen LogP contribution in [0.5, 0.6) is 0 Å². The monoisotopic (exact) mass is 415 g/mol. The van der Waals surface area contributed by atoms with Crippen molar-refractivity contribution in [2.75, 3.05) is 13.1 Å². The zero-order valence-corrected chi connectivity index (χ0v) is 19.3. The summed E-state index contributed by atoms with van der Waals surface area (Å²) >= 11 is 0. The van der Waals surface area contributed by atoms with Gasteiger partial charge in [0.1, 0.15) is 6.10 Å². The number of hydrogen-bond donors (Lipinski definition) is 0. The van der Waals surface area contributed by atoms with Gasteiger partial charge >= 0.3 is 5.97 Å². The number of hydrogen-bond acceptors (Lipinski definition) is 4. The topological polar surface area (TPSA) is 46.6 Å². The number of carbonyl (C=O) groups excluding carboxylic acids is 2. The third-order valence-electron chi connectivity index (χ3n) is 10.5. The van der Waals surface area contributed by atoms with Gasteiger partial charge in [-0.05, 0) is 106 Å². The van der Waals surface area contributed by atoms with Crippen molar-refractivity contribution in [1.82, 2.24) is 4.90 Å². The fourth-order valence-electron chi connectivity index (χ4n) is 8.89. The molecule has 4 heteroatoms. The summed E-state index contributed by atoms with van der Waals surface area (Å²) in [6.45, 7) is 8.67. The van der Waals surface area contributed by atoms with Crippen LogP contribution in [0.4, 0.5) is 0 Å². The van der Waals surface area contributed by atoms with Gasteiger partial charge in [0.2, 0.25) is 0 Å². The van der Waals surface area contributed by atoms with Gasteiger partial charge in [-0.25, -0.2) is 0 Å². The van der Waals surface area contributed by atoms with E-state index in [0.29, 0.717) is 29.0 Å². The zero-order valence-electron chi connectivity index (χ0n) is 19.3. The third kappa shape index (κ3) is 3.19. The van der Waals surface area contributed by atoms with Crippen LogP contribution in [0.2, 0.25) is 0 Å². The van der Waals surface area contributed by atoms with Crippen LogP contribution in [-0.2, 0) is 14.3 Å². The van der Waals surface area contributed by atoms with Crippen LogP contribution in [0.3, 0.4) is 0 Å². The third-order valence-corrected chi connectivity index (χ3v) is 10.5. The molecular formula is C26H41NO3. The number of ether oxygens (including phenoxy) is 1. The maximum atomic E-state index is 13.7. The van der Waals surface area contributed by atoms with Crippen molar-refractivity contribution in [1.29, 1.82) is 0 Å². The van der Waals surface area contributed by atoms with Gasteiger partial charge in [-0.15, -0.1) is 0 Å². The summed E-state index contributed by atoms with van der Waals surface area (Å²) in [5.41, 5.74) is 0.286. The minimum absolute atomic E-state index is 0.0819. The molecule has 5 aliphatic rings. The molecule has 5 fully saturated rings. The molecule has 1 heterocycles. The van der Waals surface area contributed by atoms with Crippen LogP contribution in [0.1, 0.15) is 91.4 Å². The number of rotatable bonds is 2. The molecule has 0 N–H and O–H groups in total. The summed E-state index contributed by atoms with van der Waals surface area (Å²) in [6, 6.07) is 0.198. The fourth-order valence-corrected chi connectivity index (χ4v) is 8.89. The van der Waals surface area contributed by atoms with Crippen molar-refractivity contribution in [3.05, 3.63) is 0 Å². The molecule has 30 heavy (non-hydrogen) atoms. The van der Waals surface area contributed by atoms with Crippen LogP contribution in [-0.4, -0.2) is 41.9 Å². The molecule has 168 valence electrons. The Hall–Kier alpha value is -0.900. The smallest absolute Gasteiger partial charge is 0.302 e. The number of Topliss-reactive ketones (excluding diaryl/α,β-unsaturated/α-hetero) is 1. The van der Waals surface area contributed by atoms with E-state index in [9.17, 15) is 9.59 Å². The average molecular weight is 416 g/mol.